The van der Waals surface area contributed by atoms with E-state index in [9.17, 15) is 9.90 Å². The average Bonchev–Trinajstić information content (AvgIpc) is 2.42. The molecule has 1 unspecified atom stereocenters. The topological polar surface area (TPSA) is 61.4 Å². The van der Waals surface area contributed by atoms with Crippen molar-refractivity contribution in [2.24, 2.45) is 5.41 Å². The number of aliphatic hydroxyl groups is 1. The van der Waals surface area contributed by atoms with E-state index in [-0.39, 0.29) is 11.3 Å². The molecule has 1 amide bonds. The Labute approximate surface area is 126 Å². The molecule has 4 nitrogen and oxygen atoms in total. The van der Waals surface area contributed by atoms with Gasteiger partial charge in [-0.25, -0.2) is 0 Å². The van der Waals surface area contributed by atoms with Crippen LogP contribution in [-0.4, -0.2) is 30.2 Å². The van der Waals surface area contributed by atoms with Crippen molar-refractivity contribution in [1.29, 1.82) is 0 Å². The Morgan fingerprint density at radius 3 is 2.90 bits per heavy atom. The first kappa shape index (κ1) is 15.8. The molecular formula is C17H26N2O2. The quantitative estimate of drug-likeness (QED) is 0.798. The molecule has 2 rings (SSSR count). The van der Waals surface area contributed by atoms with Gasteiger partial charge in [0.2, 0.25) is 0 Å². The third kappa shape index (κ3) is 4.74. The monoisotopic (exact) mass is 290 g/mol. The molecule has 1 heterocycles. The minimum absolute atomic E-state index is 0.0572. The third-order valence-corrected chi connectivity index (χ3v) is 3.65. The number of amides is 1. The van der Waals surface area contributed by atoms with E-state index in [1.165, 1.54) is 5.56 Å². The Balaban J connectivity index is 1.91. The van der Waals surface area contributed by atoms with Gasteiger partial charge < -0.3 is 15.7 Å². The molecule has 1 aromatic rings. The smallest absolute Gasteiger partial charge is 0.251 e. The lowest BCUT2D eigenvalue weighted by Gasteiger charge is -2.22. The van der Waals surface area contributed by atoms with Crippen LogP contribution in [0.3, 0.4) is 0 Å². The second kappa shape index (κ2) is 6.48. The summed E-state index contributed by atoms with van der Waals surface area (Å²) in [6.45, 7) is 7.53. The van der Waals surface area contributed by atoms with Crippen molar-refractivity contribution in [3.63, 3.8) is 0 Å². The highest BCUT2D eigenvalue weighted by Crippen LogP contribution is 2.23. The summed E-state index contributed by atoms with van der Waals surface area (Å²) in [7, 11) is 0. The molecule has 21 heavy (non-hydrogen) atoms. The minimum Gasteiger partial charge on any atom is -0.391 e. The van der Waals surface area contributed by atoms with E-state index in [2.05, 4.69) is 31.4 Å². The number of carbonyl (C=O) groups excluding carboxylic acids is 1. The summed E-state index contributed by atoms with van der Waals surface area (Å²) in [4.78, 5) is 12.2. The Morgan fingerprint density at radius 2 is 2.19 bits per heavy atom. The van der Waals surface area contributed by atoms with Crippen LogP contribution in [0.2, 0.25) is 0 Å². The molecule has 0 bridgehead atoms. The largest absolute Gasteiger partial charge is 0.391 e. The van der Waals surface area contributed by atoms with Gasteiger partial charge in [-0.15, -0.1) is 0 Å². The highest BCUT2D eigenvalue weighted by atomic mass is 16.3. The second-order valence-corrected chi connectivity index (χ2v) is 7.03. The van der Waals surface area contributed by atoms with Gasteiger partial charge in [0.05, 0.1) is 6.10 Å². The summed E-state index contributed by atoms with van der Waals surface area (Å²) in [6.07, 6.45) is 2.27. The van der Waals surface area contributed by atoms with Crippen LogP contribution in [0.25, 0.3) is 0 Å². The van der Waals surface area contributed by atoms with E-state index in [0.717, 1.165) is 25.1 Å². The van der Waals surface area contributed by atoms with Gasteiger partial charge in [0.1, 0.15) is 0 Å². The molecule has 0 aliphatic carbocycles. The van der Waals surface area contributed by atoms with Crippen molar-refractivity contribution in [2.75, 3.05) is 18.4 Å². The standard InChI is InChI=1S/C17H26N2O2/c1-17(2,3)10-14(20)11-19-16(21)13-6-7-15-12(9-13)5-4-8-18-15/h6-7,9,14,18,20H,4-5,8,10-11H2,1-3H3,(H,19,21). The summed E-state index contributed by atoms with van der Waals surface area (Å²) < 4.78 is 0. The normalized spacial score (nSPS) is 15.8. The Bertz CT molecular complexity index is 506. The van der Waals surface area contributed by atoms with Crippen molar-refractivity contribution in [1.82, 2.24) is 5.32 Å². The number of rotatable bonds is 4. The molecule has 0 spiro atoms. The lowest BCUT2D eigenvalue weighted by Crippen LogP contribution is -2.34. The van der Waals surface area contributed by atoms with Gasteiger partial charge in [-0.05, 0) is 48.4 Å². The van der Waals surface area contributed by atoms with Crippen LogP contribution >= 0.6 is 0 Å². The maximum atomic E-state index is 12.2. The van der Waals surface area contributed by atoms with Gasteiger partial charge in [0.25, 0.3) is 5.91 Å². The number of benzene rings is 1. The fraction of sp³-hybridized carbons (Fsp3) is 0.588. The SMILES string of the molecule is CC(C)(C)CC(O)CNC(=O)c1ccc2c(c1)CCCN2. The number of aliphatic hydroxyl groups excluding tert-OH is 1. The zero-order valence-electron chi connectivity index (χ0n) is 13.2. The zero-order chi connectivity index (χ0) is 15.5. The number of nitrogens with one attached hydrogen (secondary N) is 2. The molecule has 1 aliphatic rings. The number of carbonyl (C=O) groups is 1. The third-order valence-electron chi connectivity index (χ3n) is 3.65. The summed E-state index contributed by atoms with van der Waals surface area (Å²) >= 11 is 0. The van der Waals surface area contributed by atoms with Gasteiger partial charge in [-0.3, -0.25) is 4.79 Å². The van der Waals surface area contributed by atoms with E-state index in [0.29, 0.717) is 18.5 Å². The predicted molar refractivity (Wildman–Crippen MR) is 85.7 cm³/mol. The van der Waals surface area contributed by atoms with Crippen molar-refractivity contribution in [3.05, 3.63) is 29.3 Å². The van der Waals surface area contributed by atoms with Crippen LogP contribution < -0.4 is 10.6 Å². The van der Waals surface area contributed by atoms with E-state index < -0.39 is 6.10 Å². The molecule has 0 aromatic heterocycles. The molecule has 0 fully saturated rings. The summed E-state index contributed by atoms with van der Waals surface area (Å²) in [5, 5.41) is 16.1. The molecule has 1 aromatic carbocycles. The fourth-order valence-electron chi connectivity index (χ4n) is 2.71. The van der Waals surface area contributed by atoms with Crippen LogP contribution in [-0.2, 0) is 6.42 Å². The number of fused-ring (bicyclic) bond motifs is 1. The number of aryl methyl sites for hydroxylation is 1. The van der Waals surface area contributed by atoms with Gasteiger partial charge in [0, 0.05) is 24.3 Å². The summed E-state index contributed by atoms with van der Waals surface area (Å²) in [5.74, 6) is -0.115. The van der Waals surface area contributed by atoms with E-state index in [4.69, 9.17) is 0 Å². The minimum atomic E-state index is -0.506. The first-order valence-corrected chi connectivity index (χ1v) is 7.68. The van der Waals surface area contributed by atoms with Crippen molar-refractivity contribution >= 4 is 11.6 Å². The zero-order valence-corrected chi connectivity index (χ0v) is 13.2. The highest BCUT2D eigenvalue weighted by molar-refractivity contribution is 5.95. The van der Waals surface area contributed by atoms with Crippen LogP contribution in [0, 0.1) is 5.41 Å². The molecule has 116 valence electrons. The Kier molecular flexibility index (Phi) is 4.88. The average molecular weight is 290 g/mol. The van der Waals surface area contributed by atoms with Gasteiger partial charge in [0.15, 0.2) is 0 Å². The maximum Gasteiger partial charge on any atom is 0.251 e. The van der Waals surface area contributed by atoms with E-state index in [1.807, 2.05) is 18.2 Å². The Hall–Kier alpha value is -1.55. The lowest BCUT2D eigenvalue weighted by molar-refractivity contribution is 0.0868. The number of anilines is 1. The molecule has 0 saturated heterocycles. The first-order valence-electron chi connectivity index (χ1n) is 7.68. The molecule has 1 atom stereocenters. The van der Waals surface area contributed by atoms with Gasteiger partial charge >= 0.3 is 0 Å². The molecule has 0 radical (unpaired) electrons. The molecule has 1 aliphatic heterocycles. The highest BCUT2D eigenvalue weighted by Gasteiger charge is 2.18. The van der Waals surface area contributed by atoms with Crippen molar-refractivity contribution in [2.45, 2.75) is 46.1 Å². The Morgan fingerprint density at radius 1 is 1.43 bits per heavy atom. The number of hydrogen-bond donors (Lipinski definition) is 3. The van der Waals surface area contributed by atoms with Gasteiger partial charge in [-0.2, -0.15) is 0 Å². The summed E-state index contributed by atoms with van der Waals surface area (Å²) in [5.41, 5.74) is 3.05. The second-order valence-electron chi connectivity index (χ2n) is 7.03. The van der Waals surface area contributed by atoms with Crippen LogP contribution in [0.5, 0.6) is 0 Å². The van der Waals surface area contributed by atoms with E-state index in [1.54, 1.807) is 0 Å². The van der Waals surface area contributed by atoms with Gasteiger partial charge in [-0.1, -0.05) is 20.8 Å². The maximum absolute atomic E-state index is 12.2. The van der Waals surface area contributed by atoms with Crippen LogP contribution in [0.1, 0.15) is 49.5 Å². The van der Waals surface area contributed by atoms with Crippen LogP contribution in [0.15, 0.2) is 18.2 Å². The molecule has 4 heteroatoms. The molecular weight excluding hydrogens is 264 g/mol. The lowest BCUT2D eigenvalue weighted by atomic mass is 9.89. The molecule has 0 saturated carbocycles. The summed E-state index contributed by atoms with van der Waals surface area (Å²) in [6, 6.07) is 5.75. The van der Waals surface area contributed by atoms with Crippen LogP contribution in [0.4, 0.5) is 5.69 Å². The van der Waals surface area contributed by atoms with E-state index >= 15 is 0 Å². The van der Waals surface area contributed by atoms with Crippen molar-refractivity contribution < 1.29 is 9.90 Å². The van der Waals surface area contributed by atoms with Crippen molar-refractivity contribution in [3.8, 4) is 0 Å². The molecule has 3 N–H and O–H groups in total. The number of hydrogen-bond acceptors (Lipinski definition) is 3. The predicted octanol–water partition coefficient (Wildman–Crippen LogP) is 2.57. The fourth-order valence-corrected chi connectivity index (χ4v) is 2.71. The first-order chi connectivity index (χ1) is 9.85.